The predicted molar refractivity (Wildman–Crippen MR) is 143 cm³/mol. The van der Waals surface area contributed by atoms with Crippen molar-refractivity contribution in [2.45, 2.75) is 53.0 Å². The molecule has 35 heavy (non-hydrogen) atoms. The van der Waals surface area contributed by atoms with Crippen molar-refractivity contribution in [1.29, 1.82) is 0 Å². The van der Waals surface area contributed by atoms with Gasteiger partial charge in [-0.15, -0.1) is 0 Å². The zero-order chi connectivity index (χ0) is 25.6. The van der Waals surface area contributed by atoms with Crippen LogP contribution < -0.4 is 10.2 Å². The highest BCUT2D eigenvalue weighted by Gasteiger charge is 2.24. The standard InChI is InChI=1S/C30H37F2N3/c1-22(2)29(3,4)19-24-9-7-23(8-10-24)17-18-35(28-16-15-27(33-6)20-34-28)21-25-11-13-26(14-12-25)30(5,31)32/h7-16,20,33H,1,17-19,21H2,2-6H3. The number of halogens is 2. The van der Waals surface area contributed by atoms with E-state index >= 15 is 0 Å². The zero-order valence-electron chi connectivity index (χ0n) is 21.5. The molecule has 1 aromatic heterocycles. The average Bonchev–Trinajstić information content (AvgIpc) is 2.82. The molecule has 1 N–H and O–H groups in total. The van der Waals surface area contributed by atoms with E-state index in [0.29, 0.717) is 6.54 Å². The van der Waals surface area contributed by atoms with Gasteiger partial charge in [0.15, 0.2) is 0 Å². The van der Waals surface area contributed by atoms with E-state index in [9.17, 15) is 8.78 Å². The molecular formula is C30H37F2N3. The largest absolute Gasteiger partial charge is 0.387 e. The Balaban J connectivity index is 1.74. The SMILES string of the molecule is C=C(C)C(C)(C)Cc1ccc(CCN(Cc2ccc(C(C)(F)F)cc2)c2ccc(NC)cn2)cc1. The molecule has 5 heteroatoms. The number of nitrogens with zero attached hydrogens (tertiary/aromatic N) is 2. The highest BCUT2D eigenvalue weighted by Crippen LogP contribution is 2.30. The molecule has 0 fully saturated rings. The normalized spacial score (nSPS) is 11.9. The molecule has 186 valence electrons. The molecule has 0 atom stereocenters. The topological polar surface area (TPSA) is 28.2 Å². The van der Waals surface area contributed by atoms with Gasteiger partial charge in [-0.2, -0.15) is 0 Å². The highest BCUT2D eigenvalue weighted by molar-refractivity contribution is 5.49. The van der Waals surface area contributed by atoms with Crippen molar-refractivity contribution in [3.63, 3.8) is 0 Å². The van der Waals surface area contributed by atoms with E-state index in [1.165, 1.54) is 28.8 Å². The maximum absolute atomic E-state index is 13.6. The molecule has 3 rings (SSSR count). The van der Waals surface area contributed by atoms with Crippen LogP contribution in [-0.4, -0.2) is 18.6 Å². The quantitative estimate of drug-likeness (QED) is 0.288. The third kappa shape index (κ3) is 7.38. The predicted octanol–water partition coefficient (Wildman–Crippen LogP) is 7.63. The molecule has 1 heterocycles. The average molecular weight is 478 g/mol. The lowest BCUT2D eigenvalue weighted by molar-refractivity contribution is 0.0174. The number of benzene rings is 2. The fourth-order valence-electron chi connectivity index (χ4n) is 3.87. The molecule has 2 aromatic carbocycles. The minimum Gasteiger partial charge on any atom is -0.387 e. The molecule has 0 aliphatic carbocycles. The Labute approximate surface area is 208 Å². The van der Waals surface area contributed by atoms with Gasteiger partial charge in [0.2, 0.25) is 0 Å². The Morgan fingerprint density at radius 3 is 2.03 bits per heavy atom. The van der Waals surface area contributed by atoms with E-state index in [2.05, 4.69) is 66.8 Å². The van der Waals surface area contributed by atoms with Gasteiger partial charge in [-0.05, 0) is 54.0 Å². The smallest absolute Gasteiger partial charge is 0.270 e. The molecular weight excluding hydrogens is 440 g/mol. The molecule has 0 amide bonds. The maximum atomic E-state index is 13.6. The highest BCUT2D eigenvalue weighted by atomic mass is 19.3. The number of hydrogen-bond acceptors (Lipinski definition) is 3. The molecule has 0 radical (unpaired) electrons. The molecule has 0 saturated heterocycles. The first-order valence-corrected chi connectivity index (χ1v) is 12.1. The summed E-state index contributed by atoms with van der Waals surface area (Å²) >= 11 is 0. The van der Waals surface area contributed by atoms with Crippen LogP contribution in [0.15, 0.2) is 79.0 Å². The summed E-state index contributed by atoms with van der Waals surface area (Å²) in [7, 11) is 1.86. The number of hydrogen-bond donors (Lipinski definition) is 1. The van der Waals surface area contributed by atoms with Crippen LogP contribution in [0.2, 0.25) is 0 Å². The summed E-state index contributed by atoms with van der Waals surface area (Å²) < 4.78 is 27.2. The van der Waals surface area contributed by atoms with Crippen LogP contribution in [0.3, 0.4) is 0 Å². The fraction of sp³-hybridized carbons (Fsp3) is 0.367. The molecule has 0 spiro atoms. The molecule has 0 saturated carbocycles. The van der Waals surface area contributed by atoms with Gasteiger partial charge in [-0.3, -0.25) is 0 Å². The third-order valence-corrected chi connectivity index (χ3v) is 6.69. The Hall–Kier alpha value is -3.21. The first-order valence-electron chi connectivity index (χ1n) is 12.1. The monoisotopic (exact) mass is 477 g/mol. The van der Waals surface area contributed by atoms with Crippen molar-refractivity contribution in [1.82, 2.24) is 4.98 Å². The van der Waals surface area contributed by atoms with Crippen molar-refractivity contribution in [3.05, 3.63) is 101 Å². The summed E-state index contributed by atoms with van der Waals surface area (Å²) in [6.07, 6.45) is 3.62. The summed E-state index contributed by atoms with van der Waals surface area (Å²) in [5, 5.41) is 3.09. The van der Waals surface area contributed by atoms with Crippen LogP contribution in [0.4, 0.5) is 20.3 Å². The van der Waals surface area contributed by atoms with Gasteiger partial charge < -0.3 is 10.2 Å². The lowest BCUT2D eigenvalue weighted by Crippen LogP contribution is -2.26. The molecule has 0 unspecified atom stereocenters. The van der Waals surface area contributed by atoms with Crippen molar-refractivity contribution in [2.24, 2.45) is 5.41 Å². The van der Waals surface area contributed by atoms with Gasteiger partial charge in [0, 0.05) is 32.6 Å². The maximum Gasteiger partial charge on any atom is 0.270 e. The summed E-state index contributed by atoms with van der Waals surface area (Å²) in [4.78, 5) is 6.81. The van der Waals surface area contributed by atoms with Gasteiger partial charge in [-0.1, -0.05) is 74.5 Å². The van der Waals surface area contributed by atoms with Crippen LogP contribution in [0.25, 0.3) is 0 Å². The molecule has 3 nitrogen and oxygen atoms in total. The van der Waals surface area contributed by atoms with Crippen molar-refractivity contribution in [2.75, 3.05) is 23.8 Å². The van der Waals surface area contributed by atoms with Crippen molar-refractivity contribution >= 4 is 11.5 Å². The third-order valence-electron chi connectivity index (χ3n) is 6.69. The van der Waals surface area contributed by atoms with Gasteiger partial charge in [0.1, 0.15) is 5.82 Å². The van der Waals surface area contributed by atoms with Gasteiger partial charge in [-0.25, -0.2) is 13.8 Å². The molecule has 0 aliphatic heterocycles. The van der Waals surface area contributed by atoms with Gasteiger partial charge in [0.05, 0.1) is 11.9 Å². The lowest BCUT2D eigenvalue weighted by atomic mass is 9.80. The number of aromatic nitrogens is 1. The van der Waals surface area contributed by atoms with Crippen LogP contribution in [-0.2, 0) is 25.3 Å². The van der Waals surface area contributed by atoms with Crippen LogP contribution in [0.5, 0.6) is 0 Å². The molecule has 3 aromatic rings. The zero-order valence-corrected chi connectivity index (χ0v) is 21.5. The summed E-state index contributed by atoms with van der Waals surface area (Å²) in [6.45, 7) is 12.9. The van der Waals surface area contributed by atoms with Gasteiger partial charge in [0.25, 0.3) is 5.92 Å². The second-order valence-corrected chi connectivity index (χ2v) is 10.1. The number of nitrogens with one attached hydrogen (secondary N) is 1. The summed E-state index contributed by atoms with van der Waals surface area (Å²) in [5.74, 6) is -1.98. The number of pyridine rings is 1. The minimum atomic E-state index is -2.84. The van der Waals surface area contributed by atoms with E-state index in [-0.39, 0.29) is 11.0 Å². The van der Waals surface area contributed by atoms with E-state index in [1.807, 2.05) is 19.2 Å². The van der Waals surface area contributed by atoms with Crippen LogP contribution >= 0.6 is 0 Å². The number of anilines is 2. The number of rotatable bonds is 11. The summed E-state index contributed by atoms with van der Waals surface area (Å²) in [6, 6.07) is 19.3. The first kappa shape index (κ1) is 26.4. The second kappa shape index (κ2) is 11.0. The Morgan fingerprint density at radius 1 is 0.914 bits per heavy atom. The van der Waals surface area contributed by atoms with E-state index in [0.717, 1.165) is 43.4 Å². The van der Waals surface area contributed by atoms with E-state index < -0.39 is 5.92 Å². The minimum absolute atomic E-state index is 0.0270. The van der Waals surface area contributed by atoms with Crippen LogP contribution in [0.1, 0.15) is 49.9 Å². The summed E-state index contributed by atoms with van der Waals surface area (Å²) in [5.41, 5.74) is 5.74. The lowest BCUT2D eigenvalue weighted by Gasteiger charge is -2.26. The van der Waals surface area contributed by atoms with E-state index in [4.69, 9.17) is 0 Å². The Morgan fingerprint density at radius 2 is 1.51 bits per heavy atom. The number of allylic oxidation sites excluding steroid dienone is 1. The Kier molecular flexibility index (Phi) is 8.31. The molecule has 0 aliphatic rings. The fourth-order valence-corrected chi connectivity index (χ4v) is 3.87. The van der Waals surface area contributed by atoms with Crippen molar-refractivity contribution in [3.8, 4) is 0 Å². The van der Waals surface area contributed by atoms with Crippen molar-refractivity contribution < 1.29 is 8.78 Å². The Bertz CT molecular complexity index is 1100. The van der Waals surface area contributed by atoms with E-state index in [1.54, 1.807) is 18.3 Å². The number of alkyl halides is 2. The second-order valence-electron chi connectivity index (χ2n) is 10.1. The van der Waals surface area contributed by atoms with Gasteiger partial charge >= 0.3 is 0 Å². The van der Waals surface area contributed by atoms with Crippen LogP contribution in [0, 0.1) is 5.41 Å². The first-order chi connectivity index (χ1) is 16.5. The molecule has 0 bridgehead atoms.